The Bertz CT molecular complexity index is 401. The van der Waals surface area contributed by atoms with E-state index in [1.54, 1.807) is 6.92 Å². The fourth-order valence-electron chi connectivity index (χ4n) is 3.35. The molecule has 4 heteroatoms. The van der Waals surface area contributed by atoms with Crippen LogP contribution in [-0.4, -0.2) is 22.2 Å². The van der Waals surface area contributed by atoms with Crippen LogP contribution in [0.1, 0.15) is 110 Å². The second kappa shape index (κ2) is 17.1. The molecule has 0 aromatic rings. The second-order valence-electron chi connectivity index (χ2n) is 7.53. The maximum Gasteiger partial charge on any atom is 0.332 e. The van der Waals surface area contributed by atoms with Crippen LogP contribution < -0.4 is 0 Å². The van der Waals surface area contributed by atoms with Crippen LogP contribution in [0, 0.1) is 5.92 Å². The maximum absolute atomic E-state index is 11.1. The average molecular weight is 369 g/mol. The number of carbonyl (C=O) groups is 2. The van der Waals surface area contributed by atoms with Crippen LogP contribution in [0.2, 0.25) is 0 Å². The predicted octanol–water partition coefficient (Wildman–Crippen LogP) is 6.59. The molecule has 2 N–H and O–H groups in total. The van der Waals surface area contributed by atoms with Crippen LogP contribution in [0.5, 0.6) is 0 Å². The van der Waals surface area contributed by atoms with E-state index in [1.807, 2.05) is 0 Å². The monoisotopic (exact) mass is 368 g/mol. The van der Waals surface area contributed by atoms with Crippen LogP contribution in [0.4, 0.5) is 0 Å². The number of hydrogen-bond donors (Lipinski definition) is 2. The highest BCUT2D eigenvalue weighted by molar-refractivity contribution is 5.94. The molecule has 0 bridgehead atoms. The Kier molecular flexibility index (Phi) is 16.2. The minimum absolute atomic E-state index is 0.00666. The fraction of sp³-hybridized carbons (Fsp3) is 0.818. The molecule has 0 fully saturated rings. The van der Waals surface area contributed by atoms with Crippen LogP contribution in [0.15, 0.2) is 11.6 Å². The Morgan fingerprint density at radius 1 is 0.731 bits per heavy atom. The van der Waals surface area contributed by atoms with Gasteiger partial charge in [0.1, 0.15) is 0 Å². The third-order valence-corrected chi connectivity index (χ3v) is 5.05. The van der Waals surface area contributed by atoms with Gasteiger partial charge in [-0.1, -0.05) is 104 Å². The van der Waals surface area contributed by atoms with E-state index in [9.17, 15) is 9.59 Å². The van der Waals surface area contributed by atoms with E-state index in [4.69, 9.17) is 10.2 Å². The summed E-state index contributed by atoms with van der Waals surface area (Å²) in [5, 5.41) is 17.8. The normalized spacial score (nSPS) is 12.9. The number of carboxylic acids is 2. The highest BCUT2D eigenvalue weighted by Crippen LogP contribution is 2.20. The minimum Gasteiger partial charge on any atom is -0.478 e. The van der Waals surface area contributed by atoms with Gasteiger partial charge >= 0.3 is 11.9 Å². The summed E-state index contributed by atoms with van der Waals surface area (Å²) in [6, 6.07) is 0. The molecule has 0 radical (unpaired) electrons. The topological polar surface area (TPSA) is 74.6 Å². The number of hydrogen-bond acceptors (Lipinski definition) is 2. The van der Waals surface area contributed by atoms with Crippen molar-refractivity contribution in [2.45, 2.75) is 110 Å². The van der Waals surface area contributed by atoms with Gasteiger partial charge in [0.05, 0.1) is 0 Å². The number of carboxylic acid groups (broad SMARTS) is 2. The van der Waals surface area contributed by atoms with Gasteiger partial charge in [-0.25, -0.2) is 9.59 Å². The number of rotatable bonds is 18. The molecule has 0 saturated heterocycles. The van der Waals surface area contributed by atoms with E-state index < -0.39 is 11.9 Å². The summed E-state index contributed by atoms with van der Waals surface area (Å²) in [5.41, 5.74) is 0.00666. The molecule has 4 nitrogen and oxygen atoms in total. The molecule has 0 rings (SSSR count). The van der Waals surface area contributed by atoms with Crippen molar-refractivity contribution >= 4 is 11.9 Å². The van der Waals surface area contributed by atoms with Gasteiger partial charge in [-0.2, -0.15) is 0 Å². The van der Waals surface area contributed by atoms with Gasteiger partial charge in [0.25, 0.3) is 0 Å². The van der Waals surface area contributed by atoms with Crippen molar-refractivity contribution in [3.05, 3.63) is 11.6 Å². The highest BCUT2D eigenvalue weighted by atomic mass is 16.4. The summed E-state index contributed by atoms with van der Waals surface area (Å²) >= 11 is 0. The summed E-state index contributed by atoms with van der Waals surface area (Å²) in [4.78, 5) is 21.8. The quantitative estimate of drug-likeness (QED) is 0.211. The van der Waals surface area contributed by atoms with Gasteiger partial charge in [-0.05, 0) is 12.3 Å². The van der Waals surface area contributed by atoms with Crippen LogP contribution in [-0.2, 0) is 9.59 Å². The van der Waals surface area contributed by atoms with Crippen LogP contribution in [0.25, 0.3) is 0 Å². The minimum atomic E-state index is -1.18. The van der Waals surface area contributed by atoms with Gasteiger partial charge in [0, 0.05) is 11.6 Å². The molecule has 0 aliphatic carbocycles. The van der Waals surface area contributed by atoms with E-state index in [1.165, 1.54) is 77.0 Å². The first-order valence-corrected chi connectivity index (χ1v) is 10.7. The molecule has 0 aliphatic heterocycles. The number of unbranched alkanes of at least 4 members (excludes halogenated alkanes) is 13. The Balaban J connectivity index is 3.50. The fourth-order valence-corrected chi connectivity index (χ4v) is 3.35. The van der Waals surface area contributed by atoms with Crippen molar-refractivity contribution in [2.24, 2.45) is 5.92 Å². The molecule has 0 aromatic heterocycles. The summed E-state index contributed by atoms with van der Waals surface area (Å²) < 4.78 is 0. The molecule has 1 atom stereocenters. The van der Waals surface area contributed by atoms with Crippen LogP contribution in [0.3, 0.4) is 0 Å². The van der Waals surface area contributed by atoms with Crippen LogP contribution >= 0.6 is 0 Å². The molecule has 26 heavy (non-hydrogen) atoms. The highest BCUT2D eigenvalue weighted by Gasteiger charge is 2.17. The smallest absolute Gasteiger partial charge is 0.332 e. The summed E-state index contributed by atoms with van der Waals surface area (Å²) in [7, 11) is 0. The molecule has 0 heterocycles. The van der Waals surface area contributed by atoms with Crippen molar-refractivity contribution in [3.63, 3.8) is 0 Å². The lowest BCUT2D eigenvalue weighted by atomic mass is 9.94. The zero-order chi connectivity index (χ0) is 19.6. The van der Waals surface area contributed by atoms with Crippen molar-refractivity contribution in [1.29, 1.82) is 0 Å². The molecule has 0 aromatic carbocycles. The molecule has 0 saturated carbocycles. The summed E-state index contributed by atoms with van der Waals surface area (Å²) in [6.45, 7) is 4.05. The van der Waals surface area contributed by atoms with Gasteiger partial charge in [0.2, 0.25) is 0 Å². The molecule has 1 unspecified atom stereocenters. The van der Waals surface area contributed by atoms with E-state index >= 15 is 0 Å². The first kappa shape index (κ1) is 24.7. The van der Waals surface area contributed by atoms with Gasteiger partial charge < -0.3 is 10.2 Å². The van der Waals surface area contributed by atoms with Crippen molar-refractivity contribution < 1.29 is 19.8 Å². The molecule has 0 aliphatic rings. The SMILES string of the molecule is CCCCCCCCCCCCCCCCC(C)C(=CC(=O)O)C(=O)O. The predicted molar refractivity (Wildman–Crippen MR) is 107 cm³/mol. The lowest BCUT2D eigenvalue weighted by Gasteiger charge is -2.11. The number of aliphatic carboxylic acids is 2. The zero-order valence-corrected chi connectivity index (χ0v) is 17.0. The lowest BCUT2D eigenvalue weighted by Crippen LogP contribution is -2.12. The van der Waals surface area contributed by atoms with Gasteiger partial charge in [-0.15, -0.1) is 0 Å². The largest absolute Gasteiger partial charge is 0.478 e. The van der Waals surface area contributed by atoms with E-state index in [-0.39, 0.29) is 11.5 Å². The van der Waals surface area contributed by atoms with Gasteiger partial charge in [0.15, 0.2) is 0 Å². The van der Waals surface area contributed by atoms with Crippen molar-refractivity contribution in [3.8, 4) is 0 Å². The zero-order valence-electron chi connectivity index (χ0n) is 17.0. The third-order valence-electron chi connectivity index (χ3n) is 5.05. The van der Waals surface area contributed by atoms with E-state index in [0.29, 0.717) is 0 Å². The Hall–Kier alpha value is -1.32. The Morgan fingerprint density at radius 3 is 1.46 bits per heavy atom. The average Bonchev–Trinajstić information content (AvgIpc) is 2.59. The lowest BCUT2D eigenvalue weighted by molar-refractivity contribution is -0.135. The van der Waals surface area contributed by atoms with Crippen molar-refractivity contribution in [1.82, 2.24) is 0 Å². The molecular formula is C22H40O4. The van der Waals surface area contributed by atoms with Crippen molar-refractivity contribution in [2.75, 3.05) is 0 Å². The summed E-state index contributed by atoms with van der Waals surface area (Å²) in [5.74, 6) is -2.51. The second-order valence-corrected chi connectivity index (χ2v) is 7.53. The Morgan fingerprint density at radius 2 is 1.12 bits per heavy atom. The van der Waals surface area contributed by atoms with E-state index in [0.717, 1.165) is 25.3 Å². The molecular weight excluding hydrogens is 328 g/mol. The maximum atomic E-state index is 11.1. The van der Waals surface area contributed by atoms with Gasteiger partial charge in [-0.3, -0.25) is 0 Å². The standard InChI is InChI=1S/C22H40O4/c1-3-4-5-6-7-8-9-10-11-12-13-14-15-16-17-19(2)20(22(25)26)18-21(23)24/h18-19H,3-17H2,1-2H3,(H,23,24)(H,25,26). The molecule has 0 spiro atoms. The molecule has 0 amide bonds. The Labute approximate surface area is 160 Å². The third kappa shape index (κ3) is 15.0. The molecule has 152 valence electrons. The summed E-state index contributed by atoms with van der Waals surface area (Å²) in [6.07, 6.45) is 19.7. The first-order valence-electron chi connectivity index (χ1n) is 10.7. The van der Waals surface area contributed by atoms with E-state index in [2.05, 4.69) is 6.92 Å². The first-order chi connectivity index (χ1) is 12.5.